The topological polar surface area (TPSA) is 12.0 Å². The van der Waals surface area contributed by atoms with Crippen molar-refractivity contribution >= 4 is 0 Å². The summed E-state index contributed by atoms with van der Waals surface area (Å²) in [6.07, 6.45) is 12.3. The van der Waals surface area contributed by atoms with Gasteiger partial charge in [-0.05, 0) is 31.7 Å². The van der Waals surface area contributed by atoms with Crippen molar-refractivity contribution in [2.45, 2.75) is 91.5 Å². The summed E-state index contributed by atoms with van der Waals surface area (Å²) in [7, 11) is 0. The van der Waals surface area contributed by atoms with E-state index in [1.54, 1.807) is 0 Å². The summed E-state index contributed by atoms with van der Waals surface area (Å²) in [6, 6.07) is 0.775. The molecule has 1 N–H and O–H groups in total. The van der Waals surface area contributed by atoms with Crippen molar-refractivity contribution in [3.8, 4) is 0 Å². The van der Waals surface area contributed by atoms with E-state index in [0.717, 1.165) is 12.0 Å². The predicted molar refractivity (Wildman–Crippen MR) is 79.5 cm³/mol. The minimum Gasteiger partial charge on any atom is -0.314 e. The van der Waals surface area contributed by atoms with Crippen molar-refractivity contribution in [1.82, 2.24) is 5.32 Å². The molecule has 0 aromatic carbocycles. The van der Waals surface area contributed by atoms with Crippen LogP contribution in [0.15, 0.2) is 0 Å². The summed E-state index contributed by atoms with van der Waals surface area (Å²) < 4.78 is 0. The second-order valence-electron chi connectivity index (χ2n) is 5.45. The molecule has 0 aliphatic rings. The highest BCUT2D eigenvalue weighted by atomic mass is 14.9. The summed E-state index contributed by atoms with van der Waals surface area (Å²) in [5, 5.41) is 3.75. The fourth-order valence-corrected chi connectivity index (χ4v) is 2.49. The van der Waals surface area contributed by atoms with Crippen LogP contribution in [-0.2, 0) is 0 Å². The average Bonchev–Trinajstić information content (AvgIpc) is 2.36. The highest BCUT2D eigenvalue weighted by Crippen LogP contribution is 2.20. The van der Waals surface area contributed by atoms with E-state index in [4.69, 9.17) is 0 Å². The fraction of sp³-hybridized carbons (Fsp3) is 1.00. The molecule has 0 saturated heterocycles. The largest absolute Gasteiger partial charge is 0.314 e. The first-order valence-electron chi connectivity index (χ1n) is 8.01. The van der Waals surface area contributed by atoms with Crippen molar-refractivity contribution in [3.63, 3.8) is 0 Å². The van der Waals surface area contributed by atoms with Gasteiger partial charge in [0.15, 0.2) is 0 Å². The number of hydrogen-bond donors (Lipinski definition) is 1. The quantitative estimate of drug-likeness (QED) is 0.498. The molecule has 104 valence electrons. The van der Waals surface area contributed by atoms with Gasteiger partial charge in [0.1, 0.15) is 0 Å². The van der Waals surface area contributed by atoms with E-state index in [2.05, 4.69) is 33.0 Å². The van der Waals surface area contributed by atoms with Gasteiger partial charge in [-0.15, -0.1) is 0 Å². The summed E-state index contributed by atoms with van der Waals surface area (Å²) in [5.41, 5.74) is 0. The van der Waals surface area contributed by atoms with Crippen LogP contribution in [0.1, 0.15) is 85.5 Å². The van der Waals surface area contributed by atoms with Crippen LogP contribution in [-0.4, -0.2) is 12.6 Å². The Labute approximate surface area is 110 Å². The summed E-state index contributed by atoms with van der Waals surface area (Å²) in [5.74, 6) is 0.946. The van der Waals surface area contributed by atoms with Gasteiger partial charge in [0, 0.05) is 6.04 Å². The molecule has 1 nitrogen and oxygen atoms in total. The molecule has 0 radical (unpaired) electrons. The van der Waals surface area contributed by atoms with E-state index in [-0.39, 0.29) is 0 Å². The zero-order valence-electron chi connectivity index (χ0n) is 12.7. The van der Waals surface area contributed by atoms with E-state index >= 15 is 0 Å². The second-order valence-corrected chi connectivity index (χ2v) is 5.45. The third kappa shape index (κ3) is 9.64. The lowest BCUT2D eigenvalue weighted by Gasteiger charge is -2.24. The molecule has 0 rings (SSSR count). The lowest BCUT2D eigenvalue weighted by Crippen LogP contribution is -2.31. The Kier molecular flexibility index (Phi) is 12.4. The maximum Gasteiger partial charge on any atom is 0.00696 e. The van der Waals surface area contributed by atoms with E-state index in [9.17, 15) is 0 Å². The van der Waals surface area contributed by atoms with E-state index in [1.165, 1.54) is 64.3 Å². The summed E-state index contributed by atoms with van der Waals surface area (Å²) >= 11 is 0. The predicted octanol–water partition coefficient (Wildman–Crippen LogP) is 5.15. The fourth-order valence-electron chi connectivity index (χ4n) is 2.49. The standard InChI is InChI=1S/C16H35N/c1-5-9-11-15(8-4)14-16(12-10-6-2)17-13-7-3/h15-17H,5-14H2,1-4H3. The maximum absolute atomic E-state index is 3.75. The van der Waals surface area contributed by atoms with Gasteiger partial charge in [0.2, 0.25) is 0 Å². The van der Waals surface area contributed by atoms with Crippen LogP contribution in [0.5, 0.6) is 0 Å². The summed E-state index contributed by atoms with van der Waals surface area (Å²) in [6.45, 7) is 10.4. The zero-order valence-corrected chi connectivity index (χ0v) is 12.7. The van der Waals surface area contributed by atoms with Gasteiger partial charge in [-0.2, -0.15) is 0 Å². The molecule has 0 aliphatic heterocycles. The van der Waals surface area contributed by atoms with Crippen LogP contribution in [0.2, 0.25) is 0 Å². The average molecular weight is 241 g/mol. The van der Waals surface area contributed by atoms with Gasteiger partial charge in [-0.3, -0.25) is 0 Å². The number of rotatable bonds is 12. The van der Waals surface area contributed by atoms with Crippen LogP contribution in [0, 0.1) is 5.92 Å². The van der Waals surface area contributed by atoms with Crippen LogP contribution in [0.25, 0.3) is 0 Å². The van der Waals surface area contributed by atoms with E-state index in [0.29, 0.717) is 0 Å². The molecule has 2 unspecified atom stereocenters. The molecule has 0 bridgehead atoms. The Morgan fingerprint density at radius 1 is 0.824 bits per heavy atom. The van der Waals surface area contributed by atoms with Crippen LogP contribution >= 0.6 is 0 Å². The zero-order chi connectivity index (χ0) is 12.9. The van der Waals surface area contributed by atoms with Gasteiger partial charge >= 0.3 is 0 Å². The van der Waals surface area contributed by atoms with Gasteiger partial charge in [-0.25, -0.2) is 0 Å². The minimum atomic E-state index is 0.775. The molecule has 0 aliphatic carbocycles. The first-order valence-corrected chi connectivity index (χ1v) is 8.01. The molecule has 0 aromatic heterocycles. The van der Waals surface area contributed by atoms with Crippen LogP contribution in [0.3, 0.4) is 0 Å². The molecular formula is C16H35N. The molecule has 0 fully saturated rings. The number of hydrogen-bond acceptors (Lipinski definition) is 1. The minimum absolute atomic E-state index is 0.775. The molecule has 1 heteroatoms. The van der Waals surface area contributed by atoms with Crippen molar-refractivity contribution in [2.24, 2.45) is 5.92 Å². The summed E-state index contributed by atoms with van der Waals surface area (Å²) in [4.78, 5) is 0. The molecule has 0 aromatic rings. The number of unbranched alkanes of at least 4 members (excludes halogenated alkanes) is 2. The Bertz CT molecular complexity index is 136. The van der Waals surface area contributed by atoms with Crippen LogP contribution < -0.4 is 5.32 Å². The third-order valence-corrected chi connectivity index (χ3v) is 3.75. The van der Waals surface area contributed by atoms with Crippen molar-refractivity contribution < 1.29 is 0 Å². The maximum atomic E-state index is 3.75. The van der Waals surface area contributed by atoms with E-state index < -0.39 is 0 Å². The molecule has 0 saturated carbocycles. The lowest BCUT2D eigenvalue weighted by atomic mass is 9.90. The second kappa shape index (κ2) is 12.4. The Morgan fingerprint density at radius 2 is 1.47 bits per heavy atom. The lowest BCUT2D eigenvalue weighted by molar-refractivity contribution is 0.333. The van der Waals surface area contributed by atoms with E-state index in [1.807, 2.05) is 0 Å². The van der Waals surface area contributed by atoms with Gasteiger partial charge in [0.05, 0.1) is 0 Å². The Morgan fingerprint density at radius 3 is 2.00 bits per heavy atom. The van der Waals surface area contributed by atoms with Gasteiger partial charge in [-0.1, -0.05) is 66.2 Å². The molecule has 0 amide bonds. The van der Waals surface area contributed by atoms with Crippen molar-refractivity contribution in [3.05, 3.63) is 0 Å². The molecule has 0 spiro atoms. The van der Waals surface area contributed by atoms with Crippen molar-refractivity contribution in [2.75, 3.05) is 6.54 Å². The first-order chi connectivity index (χ1) is 8.28. The molecule has 0 heterocycles. The van der Waals surface area contributed by atoms with Crippen molar-refractivity contribution in [1.29, 1.82) is 0 Å². The van der Waals surface area contributed by atoms with Gasteiger partial charge in [0.25, 0.3) is 0 Å². The molecule has 17 heavy (non-hydrogen) atoms. The highest BCUT2D eigenvalue weighted by molar-refractivity contribution is 4.71. The third-order valence-electron chi connectivity index (χ3n) is 3.75. The molecular weight excluding hydrogens is 206 g/mol. The monoisotopic (exact) mass is 241 g/mol. The highest BCUT2D eigenvalue weighted by Gasteiger charge is 2.13. The van der Waals surface area contributed by atoms with Gasteiger partial charge < -0.3 is 5.32 Å². The first kappa shape index (κ1) is 17.0. The Balaban J connectivity index is 3.97. The smallest absolute Gasteiger partial charge is 0.00696 e. The number of nitrogens with one attached hydrogen (secondary N) is 1. The SMILES string of the molecule is CCCCC(CC)CC(CCCC)NCCC. The Hall–Kier alpha value is -0.0400. The molecule has 2 atom stereocenters. The normalized spacial score (nSPS) is 14.8. The van der Waals surface area contributed by atoms with Crippen LogP contribution in [0.4, 0.5) is 0 Å².